The van der Waals surface area contributed by atoms with Gasteiger partial charge in [-0.25, -0.2) is 0 Å². The first-order chi connectivity index (χ1) is 12.6. The van der Waals surface area contributed by atoms with Gasteiger partial charge in [-0.15, -0.1) is 6.58 Å². The fourth-order valence-corrected chi connectivity index (χ4v) is 2.90. The number of aliphatic hydroxyl groups is 3. The maximum Gasteiger partial charge on any atom is 0.229 e. The zero-order valence-corrected chi connectivity index (χ0v) is 15.3. The molecule has 146 valence electrons. The van der Waals surface area contributed by atoms with Gasteiger partial charge in [0.2, 0.25) is 6.29 Å². The molecule has 6 nitrogen and oxygen atoms in total. The predicted molar refractivity (Wildman–Crippen MR) is 98.0 cm³/mol. The molecule has 0 bridgehead atoms. The van der Waals surface area contributed by atoms with Gasteiger partial charge >= 0.3 is 0 Å². The topological polar surface area (TPSA) is 88.4 Å². The first-order valence-corrected chi connectivity index (χ1v) is 9.21. The first-order valence-electron chi connectivity index (χ1n) is 9.21. The Bertz CT molecular complexity index is 532. The summed E-state index contributed by atoms with van der Waals surface area (Å²) in [6, 6.07) is 7.46. The number of aliphatic hydroxyl groups excluding tert-OH is 3. The average molecular weight is 366 g/mol. The fourth-order valence-electron chi connectivity index (χ4n) is 2.90. The molecule has 1 fully saturated rings. The zero-order chi connectivity index (χ0) is 18.9. The van der Waals surface area contributed by atoms with Crippen LogP contribution >= 0.6 is 0 Å². The van der Waals surface area contributed by atoms with E-state index < -0.39 is 37.3 Å². The van der Waals surface area contributed by atoms with Gasteiger partial charge in [0.1, 0.15) is 30.2 Å². The van der Waals surface area contributed by atoms with Crippen molar-refractivity contribution in [3.63, 3.8) is 0 Å². The number of hydrogen-bond donors (Lipinski definition) is 3. The van der Waals surface area contributed by atoms with E-state index in [0.29, 0.717) is 12.4 Å². The number of rotatable bonds is 10. The highest BCUT2D eigenvalue weighted by Gasteiger charge is 2.46. The van der Waals surface area contributed by atoms with Crippen LogP contribution in [0.1, 0.15) is 31.7 Å². The SMILES string of the molecule is C=CCc1ccc(O[C@H]2O[C@H](CO)[C@@H](O)[C@H](O)[C@@H]2OCCCCC)cc1. The Hall–Kier alpha value is -1.44. The third-order valence-corrected chi connectivity index (χ3v) is 4.44. The lowest BCUT2D eigenvalue weighted by molar-refractivity contribution is -0.287. The quantitative estimate of drug-likeness (QED) is 0.432. The molecule has 0 spiro atoms. The molecule has 0 unspecified atom stereocenters. The third-order valence-electron chi connectivity index (χ3n) is 4.44. The largest absolute Gasteiger partial charge is 0.462 e. The molecule has 2 rings (SSSR count). The molecule has 0 saturated carbocycles. The molecule has 1 saturated heterocycles. The summed E-state index contributed by atoms with van der Waals surface area (Å²) >= 11 is 0. The van der Waals surface area contributed by atoms with Crippen molar-refractivity contribution in [2.24, 2.45) is 0 Å². The lowest BCUT2D eigenvalue weighted by Crippen LogP contribution is -2.61. The average Bonchev–Trinajstić information content (AvgIpc) is 2.65. The Balaban J connectivity index is 2.07. The van der Waals surface area contributed by atoms with Gasteiger partial charge < -0.3 is 29.5 Å². The molecule has 0 amide bonds. The summed E-state index contributed by atoms with van der Waals surface area (Å²) in [7, 11) is 0. The van der Waals surface area contributed by atoms with Crippen LogP contribution in [0.5, 0.6) is 5.75 Å². The molecule has 1 aliphatic rings. The molecule has 0 aliphatic carbocycles. The molecule has 26 heavy (non-hydrogen) atoms. The van der Waals surface area contributed by atoms with Crippen LogP contribution < -0.4 is 4.74 Å². The van der Waals surface area contributed by atoms with Crippen molar-refractivity contribution in [1.82, 2.24) is 0 Å². The van der Waals surface area contributed by atoms with Crippen LogP contribution in [0.15, 0.2) is 36.9 Å². The molecular weight excluding hydrogens is 336 g/mol. The normalized spacial score (nSPS) is 28.7. The van der Waals surface area contributed by atoms with E-state index in [-0.39, 0.29) is 0 Å². The Morgan fingerprint density at radius 3 is 2.50 bits per heavy atom. The maximum absolute atomic E-state index is 10.4. The highest BCUT2D eigenvalue weighted by Crippen LogP contribution is 2.26. The number of unbranched alkanes of at least 4 members (excludes halogenated alkanes) is 2. The Morgan fingerprint density at radius 1 is 1.15 bits per heavy atom. The van der Waals surface area contributed by atoms with Gasteiger partial charge in [0.25, 0.3) is 0 Å². The number of allylic oxidation sites excluding steroid dienone is 1. The van der Waals surface area contributed by atoms with Crippen LogP contribution in [-0.2, 0) is 15.9 Å². The van der Waals surface area contributed by atoms with Crippen LogP contribution in [0.4, 0.5) is 0 Å². The van der Waals surface area contributed by atoms with Crippen molar-refractivity contribution in [1.29, 1.82) is 0 Å². The van der Waals surface area contributed by atoms with Gasteiger partial charge in [-0.3, -0.25) is 0 Å². The fraction of sp³-hybridized carbons (Fsp3) is 0.600. The van der Waals surface area contributed by atoms with Crippen LogP contribution in [0.2, 0.25) is 0 Å². The van der Waals surface area contributed by atoms with Gasteiger partial charge in [-0.1, -0.05) is 38.0 Å². The zero-order valence-electron chi connectivity index (χ0n) is 15.3. The summed E-state index contributed by atoms with van der Waals surface area (Å²) in [5, 5.41) is 29.9. The summed E-state index contributed by atoms with van der Waals surface area (Å²) in [5.74, 6) is 0.560. The molecular formula is C20H30O6. The van der Waals surface area contributed by atoms with E-state index in [1.807, 2.05) is 30.3 Å². The molecule has 1 aromatic rings. The minimum Gasteiger partial charge on any atom is -0.462 e. The van der Waals surface area contributed by atoms with Crippen LogP contribution in [-0.4, -0.2) is 59.2 Å². The van der Waals surface area contributed by atoms with Crippen molar-refractivity contribution in [2.45, 2.75) is 63.3 Å². The highest BCUT2D eigenvalue weighted by atomic mass is 16.7. The smallest absolute Gasteiger partial charge is 0.229 e. The van der Waals surface area contributed by atoms with E-state index in [0.717, 1.165) is 31.2 Å². The summed E-state index contributed by atoms with van der Waals surface area (Å²) < 4.78 is 17.3. The number of hydrogen-bond acceptors (Lipinski definition) is 6. The van der Waals surface area contributed by atoms with E-state index in [1.165, 1.54) is 0 Å². The first kappa shape index (κ1) is 20.9. The van der Waals surface area contributed by atoms with E-state index in [1.54, 1.807) is 0 Å². The van der Waals surface area contributed by atoms with Gasteiger partial charge in [0.05, 0.1) is 6.61 Å². The molecule has 3 N–H and O–H groups in total. The van der Waals surface area contributed by atoms with Crippen molar-refractivity contribution in [3.05, 3.63) is 42.5 Å². The van der Waals surface area contributed by atoms with E-state index >= 15 is 0 Å². The number of benzene rings is 1. The van der Waals surface area contributed by atoms with E-state index in [4.69, 9.17) is 14.2 Å². The monoisotopic (exact) mass is 366 g/mol. The minimum absolute atomic E-state index is 0.418. The van der Waals surface area contributed by atoms with E-state index in [9.17, 15) is 15.3 Å². The summed E-state index contributed by atoms with van der Waals surface area (Å²) in [4.78, 5) is 0. The summed E-state index contributed by atoms with van der Waals surface area (Å²) in [6.45, 7) is 5.83. The lowest BCUT2D eigenvalue weighted by Gasteiger charge is -2.41. The Morgan fingerprint density at radius 2 is 1.88 bits per heavy atom. The van der Waals surface area contributed by atoms with Gasteiger partial charge in [0.15, 0.2) is 0 Å². The highest BCUT2D eigenvalue weighted by molar-refractivity contribution is 5.28. The number of ether oxygens (including phenoxy) is 3. The van der Waals surface area contributed by atoms with Crippen LogP contribution in [0.25, 0.3) is 0 Å². The van der Waals surface area contributed by atoms with Crippen LogP contribution in [0.3, 0.4) is 0 Å². The van der Waals surface area contributed by atoms with E-state index in [2.05, 4.69) is 13.5 Å². The molecule has 6 heteroatoms. The van der Waals surface area contributed by atoms with Crippen molar-refractivity contribution < 1.29 is 29.5 Å². The van der Waals surface area contributed by atoms with Gasteiger partial charge in [-0.05, 0) is 30.5 Å². The molecule has 0 radical (unpaired) electrons. The molecule has 1 heterocycles. The second kappa shape index (κ2) is 10.6. The van der Waals surface area contributed by atoms with Crippen molar-refractivity contribution >= 4 is 0 Å². The lowest BCUT2D eigenvalue weighted by atomic mass is 9.99. The van der Waals surface area contributed by atoms with Gasteiger partial charge in [-0.2, -0.15) is 0 Å². The second-order valence-electron chi connectivity index (χ2n) is 6.50. The standard InChI is InChI=1S/C20H30O6/c1-3-5-6-12-24-19-18(23)17(22)16(13-21)26-20(19)25-15-10-8-14(7-4-2)9-11-15/h4,8-11,16-23H,2-3,5-7,12-13H2,1H3/t16-,17-,18+,19+,20+/m1/s1. The van der Waals surface area contributed by atoms with Gasteiger partial charge in [0, 0.05) is 6.61 Å². The summed E-state index contributed by atoms with van der Waals surface area (Å²) in [6.07, 6.45) is 0.396. The molecule has 0 aromatic heterocycles. The Labute approximate surface area is 155 Å². The molecule has 1 aromatic carbocycles. The summed E-state index contributed by atoms with van der Waals surface area (Å²) in [5.41, 5.74) is 1.10. The van der Waals surface area contributed by atoms with Crippen molar-refractivity contribution in [3.8, 4) is 5.75 Å². The van der Waals surface area contributed by atoms with Crippen molar-refractivity contribution in [2.75, 3.05) is 13.2 Å². The van der Waals surface area contributed by atoms with Crippen LogP contribution in [0, 0.1) is 0 Å². The minimum atomic E-state index is -1.23. The second-order valence-corrected chi connectivity index (χ2v) is 6.50. The third kappa shape index (κ3) is 5.53. The molecule has 5 atom stereocenters. The molecule has 1 aliphatic heterocycles. The Kier molecular flexibility index (Phi) is 8.54. The maximum atomic E-state index is 10.4. The predicted octanol–water partition coefficient (Wildman–Crippen LogP) is 1.81.